The zero-order valence-electron chi connectivity index (χ0n) is 10.8. The van der Waals surface area contributed by atoms with Crippen molar-refractivity contribution in [1.82, 2.24) is 5.48 Å². The van der Waals surface area contributed by atoms with Crippen LogP contribution in [0, 0.1) is 11.3 Å². The van der Waals surface area contributed by atoms with E-state index in [1.165, 1.54) is 32.1 Å². The molecule has 0 radical (unpaired) electrons. The van der Waals surface area contributed by atoms with Crippen LogP contribution in [-0.4, -0.2) is 12.6 Å². The first-order valence-corrected chi connectivity index (χ1v) is 6.47. The number of hydrogen-bond acceptors (Lipinski definition) is 2. The zero-order valence-corrected chi connectivity index (χ0v) is 10.8. The third-order valence-corrected chi connectivity index (χ3v) is 4.14. The molecular weight excluding hydrogens is 186 g/mol. The standard InChI is InChI=1S/C13H27NO/c1-5-13(3,4)11-7-9-12(10-8-11)14-15-6-2/h11-12,14H,5-10H2,1-4H3. The Labute approximate surface area is 94.7 Å². The Morgan fingerprint density at radius 2 is 1.73 bits per heavy atom. The van der Waals surface area contributed by atoms with E-state index in [0.717, 1.165) is 12.5 Å². The van der Waals surface area contributed by atoms with Crippen LogP contribution in [0.5, 0.6) is 0 Å². The molecular formula is C13H27NO. The fraction of sp³-hybridized carbons (Fsp3) is 1.00. The van der Waals surface area contributed by atoms with Gasteiger partial charge in [0.2, 0.25) is 0 Å². The molecule has 15 heavy (non-hydrogen) atoms. The number of hydrogen-bond donors (Lipinski definition) is 1. The van der Waals surface area contributed by atoms with E-state index in [-0.39, 0.29) is 0 Å². The maximum atomic E-state index is 5.27. The average molecular weight is 213 g/mol. The van der Waals surface area contributed by atoms with Crippen molar-refractivity contribution in [3.63, 3.8) is 0 Å². The van der Waals surface area contributed by atoms with Gasteiger partial charge in [0.15, 0.2) is 0 Å². The van der Waals surface area contributed by atoms with Crippen LogP contribution in [0.3, 0.4) is 0 Å². The molecule has 1 saturated carbocycles. The topological polar surface area (TPSA) is 21.3 Å². The lowest BCUT2D eigenvalue weighted by Gasteiger charge is -2.38. The van der Waals surface area contributed by atoms with E-state index in [1.54, 1.807) is 0 Å². The van der Waals surface area contributed by atoms with Crippen molar-refractivity contribution in [2.45, 2.75) is 65.8 Å². The molecule has 1 aliphatic carbocycles. The molecule has 1 N–H and O–H groups in total. The Hall–Kier alpha value is -0.0800. The molecule has 0 atom stereocenters. The summed E-state index contributed by atoms with van der Waals surface area (Å²) in [4.78, 5) is 5.27. The second-order valence-electron chi connectivity index (χ2n) is 5.44. The van der Waals surface area contributed by atoms with Gasteiger partial charge in [0, 0.05) is 6.04 Å². The summed E-state index contributed by atoms with van der Waals surface area (Å²) in [5, 5.41) is 0. The summed E-state index contributed by atoms with van der Waals surface area (Å²) < 4.78 is 0. The van der Waals surface area contributed by atoms with Gasteiger partial charge in [0.1, 0.15) is 0 Å². The van der Waals surface area contributed by atoms with Crippen molar-refractivity contribution in [3.8, 4) is 0 Å². The summed E-state index contributed by atoms with van der Waals surface area (Å²) in [6.45, 7) is 9.92. The predicted octanol–water partition coefficient (Wildman–Crippen LogP) is 3.52. The van der Waals surface area contributed by atoms with Gasteiger partial charge >= 0.3 is 0 Å². The Balaban J connectivity index is 2.29. The van der Waals surface area contributed by atoms with Gasteiger partial charge in [-0.05, 0) is 43.9 Å². The summed E-state index contributed by atoms with van der Waals surface area (Å²) in [5.74, 6) is 0.905. The average Bonchev–Trinajstić information content (AvgIpc) is 2.27. The first-order chi connectivity index (χ1) is 7.10. The lowest BCUT2D eigenvalue weighted by molar-refractivity contribution is 0.00315. The van der Waals surface area contributed by atoms with Crippen molar-refractivity contribution >= 4 is 0 Å². The third-order valence-electron chi connectivity index (χ3n) is 4.14. The quantitative estimate of drug-likeness (QED) is 0.705. The van der Waals surface area contributed by atoms with Crippen molar-refractivity contribution in [1.29, 1.82) is 0 Å². The number of nitrogens with one attached hydrogen (secondary N) is 1. The Kier molecular flexibility index (Phi) is 5.07. The van der Waals surface area contributed by atoms with E-state index < -0.39 is 0 Å². The Bertz CT molecular complexity index is 171. The van der Waals surface area contributed by atoms with Crippen LogP contribution in [-0.2, 0) is 4.84 Å². The Morgan fingerprint density at radius 3 is 2.20 bits per heavy atom. The van der Waals surface area contributed by atoms with Gasteiger partial charge in [-0.3, -0.25) is 0 Å². The van der Waals surface area contributed by atoms with E-state index in [9.17, 15) is 0 Å². The summed E-state index contributed by atoms with van der Waals surface area (Å²) in [5.41, 5.74) is 3.69. The molecule has 0 bridgehead atoms. The molecule has 0 unspecified atom stereocenters. The second kappa shape index (κ2) is 5.86. The molecule has 2 heteroatoms. The minimum absolute atomic E-state index is 0.524. The molecule has 1 rings (SSSR count). The normalized spacial score (nSPS) is 28.0. The molecule has 90 valence electrons. The molecule has 0 aromatic carbocycles. The van der Waals surface area contributed by atoms with Crippen molar-refractivity contribution < 1.29 is 4.84 Å². The van der Waals surface area contributed by atoms with Crippen LogP contribution < -0.4 is 5.48 Å². The lowest BCUT2D eigenvalue weighted by Crippen LogP contribution is -2.36. The highest BCUT2D eigenvalue weighted by Crippen LogP contribution is 2.40. The monoisotopic (exact) mass is 213 g/mol. The predicted molar refractivity (Wildman–Crippen MR) is 64.6 cm³/mol. The molecule has 0 aromatic heterocycles. The smallest absolute Gasteiger partial charge is 0.0654 e. The maximum absolute atomic E-state index is 5.27. The van der Waals surface area contributed by atoms with Crippen LogP contribution in [0.4, 0.5) is 0 Å². The van der Waals surface area contributed by atoms with Gasteiger partial charge in [-0.15, -0.1) is 0 Å². The fourth-order valence-electron chi connectivity index (χ4n) is 2.48. The maximum Gasteiger partial charge on any atom is 0.0654 e. The molecule has 0 spiro atoms. The molecule has 0 saturated heterocycles. The van der Waals surface area contributed by atoms with Crippen LogP contribution in [0.25, 0.3) is 0 Å². The van der Waals surface area contributed by atoms with Gasteiger partial charge in [-0.2, -0.15) is 5.48 Å². The van der Waals surface area contributed by atoms with Crippen molar-refractivity contribution in [2.24, 2.45) is 11.3 Å². The molecule has 2 nitrogen and oxygen atoms in total. The largest absolute Gasteiger partial charge is 0.302 e. The molecule has 0 heterocycles. The first-order valence-electron chi connectivity index (χ1n) is 6.47. The van der Waals surface area contributed by atoms with Gasteiger partial charge in [0.05, 0.1) is 6.61 Å². The SMILES string of the molecule is CCONC1CCC(C(C)(C)CC)CC1. The van der Waals surface area contributed by atoms with Gasteiger partial charge in [-0.25, -0.2) is 0 Å². The highest BCUT2D eigenvalue weighted by atomic mass is 16.6. The van der Waals surface area contributed by atoms with Crippen LogP contribution >= 0.6 is 0 Å². The summed E-state index contributed by atoms with van der Waals surface area (Å²) >= 11 is 0. The number of hydroxylamine groups is 1. The summed E-state index contributed by atoms with van der Waals surface area (Å²) in [6, 6.07) is 0.592. The molecule has 0 aliphatic heterocycles. The second-order valence-corrected chi connectivity index (χ2v) is 5.44. The number of rotatable bonds is 5. The van der Waals surface area contributed by atoms with E-state index >= 15 is 0 Å². The van der Waals surface area contributed by atoms with Crippen LogP contribution in [0.15, 0.2) is 0 Å². The van der Waals surface area contributed by atoms with Crippen LogP contribution in [0.2, 0.25) is 0 Å². The van der Waals surface area contributed by atoms with E-state index in [4.69, 9.17) is 4.84 Å². The lowest BCUT2D eigenvalue weighted by atomic mass is 9.69. The highest BCUT2D eigenvalue weighted by Gasteiger charge is 2.31. The first kappa shape index (κ1) is 13.0. The summed E-state index contributed by atoms with van der Waals surface area (Å²) in [7, 11) is 0. The molecule has 1 fully saturated rings. The highest BCUT2D eigenvalue weighted by molar-refractivity contribution is 4.83. The fourth-order valence-corrected chi connectivity index (χ4v) is 2.48. The minimum Gasteiger partial charge on any atom is -0.302 e. The summed E-state index contributed by atoms with van der Waals surface area (Å²) in [6.07, 6.45) is 6.54. The molecule has 0 amide bonds. The van der Waals surface area contributed by atoms with E-state index in [1.807, 2.05) is 6.92 Å². The Morgan fingerprint density at radius 1 is 1.13 bits per heavy atom. The van der Waals surface area contributed by atoms with Crippen LogP contribution in [0.1, 0.15) is 59.8 Å². The van der Waals surface area contributed by atoms with Gasteiger partial charge in [-0.1, -0.05) is 27.2 Å². The van der Waals surface area contributed by atoms with Crippen molar-refractivity contribution in [3.05, 3.63) is 0 Å². The van der Waals surface area contributed by atoms with E-state index in [0.29, 0.717) is 11.5 Å². The third kappa shape index (κ3) is 3.76. The van der Waals surface area contributed by atoms with Crippen molar-refractivity contribution in [2.75, 3.05) is 6.61 Å². The van der Waals surface area contributed by atoms with Gasteiger partial charge < -0.3 is 4.84 Å². The minimum atomic E-state index is 0.524. The molecule has 1 aliphatic rings. The van der Waals surface area contributed by atoms with E-state index in [2.05, 4.69) is 26.3 Å². The molecule has 0 aromatic rings. The van der Waals surface area contributed by atoms with Gasteiger partial charge in [0.25, 0.3) is 0 Å². The zero-order chi connectivity index (χ0) is 11.3.